The van der Waals surface area contributed by atoms with Gasteiger partial charge >= 0.3 is 11.9 Å². The van der Waals surface area contributed by atoms with E-state index in [1.54, 1.807) is 0 Å². The predicted octanol–water partition coefficient (Wildman–Crippen LogP) is 18.0. The van der Waals surface area contributed by atoms with E-state index in [4.69, 9.17) is 14.2 Å². The van der Waals surface area contributed by atoms with Crippen molar-refractivity contribution in [2.24, 2.45) is 0 Å². The van der Waals surface area contributed by atoms with Crippen LogP contribution in [0.4, 0.5) is 0 Å². The Balaban J connectivity index is 4.36. The van der Waals surface area contributed by atoms with Gasteiger partial charge < -0.3 is 14.2 Å². The lowest BCUT2D eigenvalue weighted by atomic mass is 10.1. The van der Waals surface area contributed by atoms with E-state index in [0.29, 0.717) is 19.4 Å². The van der Waals surface area contributed by atoms with E-state index in [1.165, 1.54) is 83.5 Å². The molecule has 0 aromatic rings. The minimum absolute atomic E-state index is 0.0477. The quantitative estimate of drug-likeness (QED) is 0.0346. The third-order valence-corrected chi connectivity index (χ3v) is 10.7. The van der Waals surface area contributed by atoms with Crippen LogP contribution in [0.1, 0.15) is 226 Å². The Morgan fingerprint density at radius 1 is 0.359 bits per heavy atom. The molecule has 0 spiro atoms. The van der Waals surface area contributed by atoms with Crippen LogP contribution in [0.2, 0.25) is 0 Å². The highest BCUT2D eigenvalue weighted by Crippen LogP contribution is 2.12. The second-order valence-corrected chi connectivity index (χ2v) is 17.0. The van der Waals surface area contributed by atoms with Gasteiger partial charge in [0.2, 0.25) is 0 Å². The zero-order chi connectivity index (χ0) is 46.3. The first-order valence-electron chi connectivity index (χ1n) is 26.4. The first-order valence-corrected chi connectivity index (χ1v) is 26.4. The number of carbonyl (C=O) groups excluding carboxylic acids is 2. The molecule has 1 atom stereocenters. The number of rotatable bonds is 47. The molecule has 0 aliphatic heterocycles. The molecule has 0 amide bonds. The van der Waals surface area contributed by atoms with Crippen molar-refractivity contribution in [2.75, 3.05) is 19.8 Å². The highest BCUT2D eigenvalue weighted by Gasteiger charge is 2.17. The molecule has 0 heterocycles. The fourth-order valence-corrected chi connectivity index (χ4v) is 6.84. The van der Waals surface area contributed by atoms with E-state index in [1.807, 2.05) is 0 Å². The summed E-state index contributed by atoms with van der Waals surface area (Å²) < 4.78 is 17.4. The number of ether oxygens (including phenoxy) is 3. The lowest BCUT2D eigenvalue weighted by Gasteiger charge is -2.18. The molecule has 0 aliphatic rings. The highest BCUT2D eigenvalue weighted by molar-refractivity contribution is 5.70. The van der Waals surface area contributed by atoms with E-state index in [0.717, 1.165) is 109 Å². The number of esters is 2. The molecule has 0 rings (SSSR count). The summed E-state index contributed by atoms with van der Waals surface area (Å²) >= 11 is 0. The van der Waals surface area contributed by atoms with Gasteiger partial charge in [0.05, 0.1) is 6.61 Å². The smallest absolute Gasteiger partial charge is 0.306 e. The van der Waals surface area contributed by atoms with Crippen LogP contribution in [0, 0.1) is 0 Å². The maximum Gasteiger partial charge on any atom is 0.306 e. The topological polar surface area (TPSA) is 61.8 Å². The van der Waals surface area contributed by atoms with Crippen LogP contribution >= 0.6 is 0 Å². The van der Waals surface area contributed by atoms with E-state index in [9.17, 15) is 9.59 Å². The van der Waals surface area contributed by atoms with Crippen LogP contribution in [-0.4, -0.2) is 37.9 Å². The molecule has 0 aromatic carbocycles. The van der Waals surface area contributed by atoms with Gasteiger partial charge in [0.15, 0.2) is 6.10 Å². The Hall–Kier alpha value is -3.44. The van der Waals surface area contributed by atoms with Gasteiger partial charge in [-0.25, -0.2) is 0 Å². The van der Waals surface area contributed by atoms with Crippen LogP contribution < -0.4 is 0 Å². The summed E-state index contributed by atoms with van der Waals surface area (Å²) in [6, 6.07) is 0. The van der Waals surface area contributed by atoms with Crippen molar-refractivity contribution >= 4 is 11.9 Å². The first-order chi connectivity index (χ1) is 31.6. The zero-order valence-corrected chi connectivity index (χ0v) is 41.8. The van der Waals surface area contributed by atoms with Crippen molar-refractivity contribution in [3.05, 3.63) is 109 Å². The third-order valence-electron chi connectivity index (χ3n) is 10.7. The number of unbranched alkanes of at least 4 members (excludes halogenated alkanes) is 18. The molecule has 5 nitrogen and oxygen atoms in total. The lowest BCUT2D eigenvalue weighted by molar-refractivity contribution is -0.163. The second kappa shape index (κ2) is 53.9. The highest BCUT2D eigenvalue weighted by atomic mass is 16.6. The molecule has 1 unspecified atom stereocenters. The Morgan fingerprint density at radius 2 is 0.734 bits per heavy atom. The monoisotopic (exact) mass is 887 g/mol. The van der Waals surface area contributed by atoms with Gasteiger partial charge in [0, 0.05) is 19.4 Å². The Morgan fingerprint density at radius 3 is 1.22 bits per heavy atom. The molecule has 0 fully saturated rings. The zero-order valence-electron chi connectivity index (χ0n) is 41.8. The maximum absolute atomic E-state index is 12.8. The van der Waals surface area contributed by atoms with E-state index in [2.05, 4.69) is 130 Å². The van der Waals surface area contributed by atoms with Crippen molar-refractivity contribution in [2.45, 2.75) is 232 Å². The third kappa shape index (κ3) is 51.2. The van der Waals surface area contributed by atoms with Crippen LogP contribution in [0.25, 0.3) is 0 Å². The SMILES string of the molecule is CC/C=C\C/C=C\C/C=C\C/C=C\CCCCC(=O)OCC(COCCCCCCCCC/C=C\C/C=C\C/C=C\CCCCC)OC(=O)CCCCCCC/C=C\C/C=C\CCC. The number of hydrogen-bond acceptors (Lipinski definition) is 5. The molecule has 0 aromatic heterocycles. The molecular weight excluding hydrogens is 789 g/mol. The summed E-state index contributed by atoms with van der Waals surface area (Å²) in [5.41, 5.74) is 0. The number of allylic oxidation sites excluding steroid dienone is 18. The van der Waals surface area contributed by atoms with Crippen molar-refractivity contribution < 1.29 is 23.8 Å². The second-order valence-electron chi connectivity index (χ2n) is 17.0. The van der Waals surface area contributed by atoms with Gasteiger partial charge in [-0.2, -0.15) is 0 Å². The molecule has 64 heavy (non-hydrogen) atoms. The Kier molecular flexibility index (Phi) is 51.0. The maximum atomic E-state index is 12.8. The van der Waals surface area contributed by atoms with Crippen molar-refractivity contribution in [3.8, 4) is 0 Å². The number of hydrogen-bond donors (Lipinski definition) is 0. The minimum atomic E-state index is -0.572. The lowest BCUT2D eigenvalue weighted by Crippen LogP contribution is -2.30. The van der Waals surface area contributed by atoms with E-state index < -0.39 is 6.10 Å². The summed E-state index contributed by atoms with van der Waals surface area (Å²) in [5, 5.41) is 0. The van der Waals surface area contributed by atoms with E-state index >= 15 is 0 Å². The normalized spacial score (nSPS) is 13.1. The van der Waals surface area contributed by atoms with Gasteiger partial charge in [-0.05, 0) is 122 Å². The van der Waals surface area contributed by atoms with Gasteiger partial charge in [-0.3, -0.25) is 9.59 Å². The van der Waals surface area contributed by atoms with E-state index in [-0.39, 0.29) is 25.2 Å². The summed E-state index contributed by atoms with van der Waals surface area (Å²) in [4.78, 5) is 25.4. The minimum Gasteiger partial charge on any atom is -0.462 e. The van der Waals surface area contributed by atoms with Crippen molar-refractivity contribution in [1.82, 2.24) is 0 Å². The summed E-state index contributed by atoms with van der Waals surface area (Å²) in [5.74, 6) is -0.473. The molecule has 0 saturated heterocycles. The average molecular weight is 887 g/mol. The van der Waals surface area contributed by atoms with Crippen LogP contribution in [0.3, 0.4) is 0 Å². The Labute approximate surface area is 395 Å². The van der Waals surface area contributed by atoms with Crippen LogP contribution in [0.15, 0.2) is 109 Å². The molecule has 0 aliphatic carbocycles. The predicted molar refractivity (Wildman–Crippen MR) is 279 cm³/mol. The first kappa shape index (κ1) is 60.6. The molecule has 5 heteroatoms. The largest absolute Gasteiger partial charge is 0.462 e. The van der Waals surface area contributed by atoms with Gasteiger partial charge in [0.1, 0.15) is 6.61 Å². The molecule has 0 N–H and O–H groups in total. The standard InChI is InChI=1S/C59H98O5/c1-4-7-10-13-16-19-22-25-27-28-29-30-31-33-36-39-42-45-48-51-54-62-55-57(64-59(61)53-50-47-44-41-38-34-24-21-18-15-12-9-6-3)56-63-58(60)52-49-46-43-40-37-35-32-26-23-20-17-14-11-8-5-2/h8,11-12,15-17,19-21,24-27,29-30,32,37,40,57H,4-7,9-10,13-14,18,22-23,28,31,33-36,38-39,41-56H2,1-3H3/b11-8-,15-12-,19-16-,20-17-,24-21-,27-25-,30-29-,32-26-,40-37-. The molecular formula is C59H98O5. The molecule has 364 valence electrons. The van der Waals surface area contributed by atoms with Gasteiger partial charge in [0.25, 0.3) is 0 Å². The molecule has 0 radical (unpaired) electrons. The summed E-state index contributed by atoms with van der Waals surface area (Å²) in [6.07, 6.45) is 73.9. The van der Waals surface area contributed by atoms with Crippen LogP contribution in [-0.2, 0) is 23.8 Å². The summed E-state index contributed by atoms with van der Waals surface area (Å²) in [7, 11) is 0. The fraction of sp³-hybridized carbons (Fsp3) is 0.661. The fourth-order valence-electron chi connectivity index (χ4n) is 6.84. The van der Waals surface area contributed by atoms with Gasteiger partial charge in [-0.15, -0.1) is 0 Å². The Bertz CT molecular complexity index is 1280. The molecule has 0 bridgehead atoms. The summed E-state index contributed by atoms with van der Waals surface area (Å²) in [6.45, 7) is 7.53. The molecule has 0 saturated carbocycles. The van der Waals surface area contributed by atoms with Gasteiger partial charge in [-0.1, -0.05) is 201 Å². The van der Waals surface area contributed by atoms with Crippen LogP contribution in [0.5, 0.6) is 0 Å². The van der Waals surface area contributed by atoms with Crippen molar-refractivity contribution in [1.29, 1.82) is 0 Å². The van der Waals surface area contributed by atoms with Crippen molar-refractivity contribution in [3.63, 3.8) is 0 Å². The average Bonchev–Trinajstić information content (AvgIpc) is 3.30. The number of carbonyl (C=O) groups is 2.